The molecule has 2 N–H and O–H groups in total. The highest BCUT2D eigenvalue weighted by molar-refractivity contribution is 5.95. The van der Waals surface area contributed by atoms with Crippen molar-refractivity contribution >= 4 is 11.7 Å². The fraction of sp³-hybridized carbons (Fsp3) is 0.235. The van der Waals surface area contributed by atoms with Crippen LogP contribution in [-0.2, 0) is 6.54 Å². The van der Waals surface area contributed by atoms with Crippen molar-refractivity contribution in [2.75, 3.05) is 19.5 Å². The largest absolute Gasteiger partial charge is 0.493 e. The van der Waals surface area contributed by atoms with Crippen molar-refractivity contribution < 1.29 is 19.4 Å². The van der Waals surface area contributed by atoms with Gasteiger partial charge in [-0.2, -0.15) is 0 Å². The van der Waals surface area contributed by atoms with Crippen LogP contribution >= 0.6 is 0 Å². The van der Waals surface area contributed by atoms with E-state index in [2.05, 4.69) is 5.32 Å². The second-order valence-electron chi connectivity index (χ2n) is 4.90. The number of nitrogens with one attached hydrogen (secondary N) is 1. The highest BCUT2D eigenvalue weighted by Gasteiger charge is 2.16. The number of benzene rings is 2. The van der Waals surface area contributed by atoms with E-state index in [1.807, 2.05) is 31.2 Å². The Hall–Kier alpha value is -2.69. The van der Waals surface area contributed by atoms with Crippen LogP contribution in [-0.4, -0.2) is 25.3 Å². The molecule has 0 aromatic heterocycles. The molecule has 0 aliphatic rings. The van der Waals surface area contributed by atoms with E-state index >= 15 is 0 Å². The minimum Gasteiger partial charge on any atom is -0.493 e. The van der Waals surface area contributed by atoms with Gasteiger partial charge in [-0.15, -0.1) is 0 Å². The lowest BCUT2D eigenvalue weighted by molar-refractivity contribution is 0.0697. The number of hydrogen-bond donors (Lipinski definition) is 2. The van der Waals surface area contributed by atoms with E-state index in [1.54, 1.807) is 6.07 Å². The third-order valence-electron chi connectivity index (χ3n) is 3.36. The fourth-order valence-electron chi connectivity index (χ4n) is 2.11. The van der Waals surface area contributed by atoms with Crippen molar-refractivity contribution in [2.45, 2.75) is 13.5 Å². The number of carboxylic acid groups (broad SMARTS) is 1. The van der Waals surface area contributed by atoms with Gasteiger partial charge >= 0.3 is 5.97 Å². The molecule has 0 spiro atoms. The molecule has 0 radical (unpaired) electrons. The van der Waals surface area contributed by atoms with E-state index in [-0.39, 0.29) is 5.56 Å². The summed E-state index contributed by atoms with van der Waals surface area (Å²) < 4.78 is 10.4. The number of carboxylic acids is 1. The molecule has 0 saturated carbocycles. The van der Waals surface area contributed by atoms with Crippen LogP contribution < -0.4 is 14.8 Å². The molecule has 22 heavy (non-hydrogen) atoms. The minimum atomic E-state index is -1.02. The Kier molecular flexibility index (Phi) is 4.88. The molecule has 0 heterocycles. The molecule has 0 atom stereocenters. The zero-order valence-corrected chi connectivity index (χ0v) is 12.8. The molecule has 5 nitrogen and oxygen atoms in total. The van der Waals surface area contributed by atoms with Crippen LogP contribution in [0, 0.1) is 6.92 Å². The summed E-state index contributed by atoms with van der Waals surface area (Å²) in [7, 11) is 2.99. The molecule has 0 aliphatic heterocycles. The minimum absolute atomic E-state index is 0.143. The number of methoxy groups -OCH3 is 2. The Morgan fingerprint density at radius 2 is 1.68 bits per heavy atom. The molecule has 2 aromatic carbocycles. The number of aryl methyl sites for hydroxylation is 1. The lowest BCUT2D eigenvalue weighted by Crippen LogP contribution is -2.07. The summed E-state index contributed by atoms with van der Waals surface area (Å²) in [6.07, 6.45) is 0. The molecule has 0 bridgehead atoms. The summed E-state index contributed by atoms with van der Waals surface area (Å²) >= 11 is 0. The molecule has 2 rings (SSSR count). The molecule has 0 aliphatic carbocycles. The van der Waals surface area contributed by atoms with Crippen LogP contribution in [0.2, 0.25) is 0 Å². The van der Waals surface area contributed by atoms with Gasteiger partial charge < -0.3 is 19.9 Å². The number of anilines is 1. The van der Waals surface area contributed by atoms with Gasteiger partial charge in [0.2, 0.25) is 0 Å². The quantitative estimate of drug-likeness (QED) is 0.856. The zero-order chi connectivity index (χ0) is 16.1. The first-order chi connectivity index (χ1) is 10.5. The molecule has 5 heteroatoms. The standard InChI is InChI=1S/C17H19NO4/c1-11-4-6-12(7-5-11)10-18-14-9-16(22-3)15(21-2)8-13(14)17(19)20/h4-9,18H,10H2,1-3H3,(H,19,20). The van der Waals surface area contributed by atoms with Gasteiger partial charge in [0, 0.05) is 18.7 Å². The zero-order valence-electron chi connectivity index (χ0n) is 12.8. The molecular weight excluding hydrogens is 282 g/mol. The third-order valence-corrected chi connectivity index (χ3v) is 3.36. The van der Waals surface area contributed by atoms with Gasteiger partial charge in [0.15, 0.2) is 11.5 Å². The number of aromatic carboxylic acids is 1. The smallest absolute Gasteiger partial charge is 0.337 e. The third kappa shape index (κ3) is 3.49. The van der Waals surface area contributed by atoms with E-state index in [1.165, 1.54) is 25.8 Å². The number of hydrogen-bond acceptors (Lipinski definition) is 4. The maximum absolute atomic E-state index is 11.4. The Balaban J connectivity index is 2.28. The predicted molar refractivity (Wildman–Crippen MR) is 85.0 cm³/mol. The van der Waals surface area contributed by atoms with Crippen LogP contribution in [0.5, 0.6) is 11.5 Å². The maximum Gasteiger partial charge on any atom is 0.337 e. The van der Waals surface area contributed by atoms with Crippen molar-refractivity contribution in [2.24, 2.45) is 0 Å². The summed E-state index contributed by atoms with van der Waals surface area (Å²) in [6.45, 7) is 2.55. The molecule has 0 saturated heterocycles. The molecule has 116 valence electrons. The molecule has 0 unspecified atom stereocenters. The van der Waals surface area contributed by atoms with Crippen LogP contribution in [0.25, 0.3) is 0 Å². The Bertz CT molecular complexity index is 665. The van der Waals surface area contributed by atoms with Gasteiger partial charge in [0.25, 0.3) is 0 Å². The molecule has 2 aromatic rings. The van der Waals surface area contributed by atoms with E-state index in [4.69, 9.17) is 9.47 Å². The summed E-state index contributed by atoms with van der Waals surface area (Å²) in [6, 6.07) is 11.1. The first-order valence-electron chi connectivity index (χ1n) is 6.84. The number of rotatable bonds is 6. The van der Waals surface area contributed by atoms with Crippen molar-refractivity contribution in [1.29, 1.82) is 0 Å². The van der Waals surface area contributed by atoms with E-state index in [9.17, 15) is 9.90 Å². The molecule has 0 amide bonds. The molecular formula is C17H19NO4. The monoisotopic (exact) mass is 301 g/mol. The molecule has 0 fully saturated rings. The lowest BCUT2D eigenvalue weighted by Gasteiger charge is -2.14. The van der Waals surface area contributed by atoms with Crippen LogP contribution in [0.1, 0.15) is 21.5 Å². The second-order valence-corrected chi connectivity index (χ2v) is 4.90. The number of carbonyl (C=O) groups is 1. The summed E-state index contributed by atoms with van der Waals surface area (Å²) in [4.78, 5) is 11.4. The lowest BCUT2D eigenvalue weighted by atomic mass is 10.1. The predicted octanol–water partition coefficient (Wildman–Crippen LogP) is 3.32. The van der Waals surface area contributed by atoms with Gasteiger partial charge in [0.05, 0.1) is 25.5 Å². The summed E-state index contributed by atoms with van der Waals surface area (Å²) in [5, 5.41) is 12.5. The second kappa shape index (κ2) is 6.85. The van der Waals surface area contributed by atoms with Gasteiger partial charge in [-0.1, -0.05) is 29.8 Å². The van der Waals surface area contributed by atoms with E-state index < -0.39 is 5.97 Å². The first kappa shape index (κ1) is 15.7. The van der Waals surface area contributed by atoms with Crippen molar-refractivity contribution in [3.63, 3.8) is 0 Å². The SMILES string of the molecule is COc1cc(NCc2ccc(C)cc2)c(C(=O)O)cc1OC. The topological polar surface area (TPSA) is 67.8 Å². The van der Waals surface area contributed by atoms with Gasteiger partial charge in [-0.05, 0) is 12.5 Å². The Morgan fingerprint density at radius 3 is 2.23 bits per heavy atom. The van der Waals surface area contributed by atoms with Gasteiger partial charge in [-0.3, -0.25) is 0 Å². The van der Waals surface area contributed by atoms with Crippen LogP contribution in [0.4, 0.5) is 5.69 Å². The normalized spacial score (nSPS) is 10.1. The fourth-order valence-corrected chi connectivity index (χ4v) is 2.11. The van der Waals surface area contributed by atoms with Crippen LogP contribution in [0.3, 0.4) is 0 Å². The van der Waals surface area contributed by atoms with Crippen molar-refractivity contribution in [1.82, 2.24) is 0 Å². The highest BCUT2D eigenvalue weighted by Crippen LogP contribution is 2.33. The van der Waals surface area contributed by atoms with Crippen molar-refractivity contribution in [3.8, 4) is 11.5 Å². The van der Waals surface area contributed by atoms with Gasteiger partial charge in [0.1, 0.15) is 0 Å². The average molecular weight is 301 g/mol. The highest BCUT2D eigenvalue weighted by atomic mass is 16.5. The number of ether oxygens (including phenoxy) is 2. The Labute approximate surface area is 129 Å². The van der Waals surface area contributed by atoms with Crippen LogP contribution in [0.15, 0.2) is 36.4 Å². The summed E-state index contributed by atoms with van der Waals surface area (Å²) in [5.41, 5.74) is 2.88. The summed E-state index contributed by atoms with van der Waals surface area (Å²) in [5.74, 6) is -0.146. The van der Waals surface area contributed by atoms with Crippen molar-refractivity contribution in [3.05, 3.63) is 53.1 Å². The average Bonchev–Trinajstić information content (AvgIpc) is 2.53. The van der Waals surface area contributed by atoms with E-state index in [0.717, 1.165) is 5.56 Å². The maximum atomic E-state index is 11.4. The van der Waals surface area contributed by atoms with Gasteiger partial charge in [-0.25, -0.2) is 4.79 Å². The van der Waals surface area contributed by atoms with E-state index in [0.29, 0.717) is 23.7 Å². The first-order valence-corrected chi connectivity index (χ1v) is 6.84. The Morgan fingerprint density at radius 1 is 1.09 bits per heavy atom.